The zero-order valence-electron chi connectivity index (χ0n) is 10.7. The van der Waals surface area contributed by atoms with E-state index < -0.39 is 42.1 Å². The summed E-state index contributed by atoms with van der Waals surface area (Å²) in [5, 5.41) is 13.3. The van der Waals surface area contributed by atoms with Crippen LogP contribution in [0.15, 0.2) is 12.2 Å². The van der Waals surface area contributed by atoms with Gasteiger partial charge in [-0.1, -0.05) is 0 Å². The Morgan fingerprint density at radius 3 is 2.79 bits per heavy atom. The number of hydrogen-bond donors (Lipinski definition) is 2. The molecule has 2 heterocycles. The molecule has 0 aromatic carbocycles. The van der Waals surface area contributed by atoms with Gasteiger partial charge in [-0.25, -0.2) is 0 Å². The minimum absolute atomic E-state index is 0.166. The molecule has 3 rings (SSSR count). The summed E-state index contributed by atoms with van der Waals surface area (Å²) < 4.78 is 10.8. The van der Waals surface area contributed by atoms with Crippen molar-refractivity contribution in [1.82, 2.24) is 5.32 Å². The van der Waals surface area contributed by atoms with Crippen LogP contribution in [-0.2, 0) is 13.4 Å². The van der Waals surface area contributed by atoms with E-state index in [0.717, 1.165) is 19.3 Å². The van der Waals surface area contributed by atoms with Crippen LogP contribution in [0.25, 0.3) is 0 Å². The van der Waals surface area contributed by atoms with Crippen molar-refractivity contribution in [1.29, 1.82) is 0 Å². The zero-order valence-corrected chi connectivity index (χ0v) is 12.4. The van der Waals surface area contributed by atoms with Gasteiger partial charge < -0.3 is 0 Å². The molecule has 0 saturated carbocycles. The van der Waals surface area contributed by atoms with Gasteiger partial charge >= 0.3 is 115 Å². The molecule has 2 fully saturated rings. The molecule has 5 nitrogen and oxygen atoms in total. The van der Waals surface area contributed by atoms with Crippen molar-refractivity contribution in [2.75, 3.05) is 0 Å². The standard InChI is InChI=1S/C13H17NO4Se/c1-7-9-13(12(17)14-9,19(18)11(7)16)10(15)8-5-3-2-4-6-8/h3,5,7-10,15H,2,4,6H2,1H3,(H,14,17)/t7?,8-,9+,10+,13+,19?/m1/s1. The number of allylic oxidation sites excluding steroid dienone is 1. The molecule has 2 N–H and O–H groups in total. The number of rotatable bonds is 2. The van der Waals surface area contributed by atoms with E-state index in [2.05, 4.69) is 5.32 Å². The van der Waals surface area contributed by atoms with E-state index in [0.29, 0.717) is 0 Å². The van der Waals surface area contributed by atoms with E-state index in [-0.39, 0.29) is 10.6 Å². The van der Waals surface area contributed by atoms with Gasteiger partial charge in [0.1, 0.15) is 0 Å². The van der Waals surface area contributed by atoms with Gasteiger partial charge in [-0.2, -0.15) is 0 Å². The maximum absolute atomic E-state index is 12.4. The second kappa shape index (κ2) is 4.33. The van der Waals surface area contributed by atoms with Crippen LogP contribution in [0.4, 0.5) is 0 Å². The second-order valence-corrected chi connectivity index (χ2v) is 8.98. The Bertz CT molecular complexity index is 503. The zero-order chi connectivity index (χ0) is 13.8. The molecule has 6 atom stereocenters. The molecule has 104 valence electrons. The average Bonchev–Trinajstić information content (AvgIpc) is 2.57. The van der Waals surface area contributed by atoms with Gasteiger partial charge in [-0.3, -0.25) is 0 Å². The van der Waals surface area contributed by atoms with Crippen LogP contribution in [0.1, 0.15) is 26.2 Å². The van der Waals surface area contributed by atoms with Crippen molar-refractivity contribution >= 4 is 24.4 Å². The van der Waals surface area contributed by atoms with Crippen LogP contribution < -0.4 is 5.32 Å². The SMILES string of the molecule is CC1C(=O)[Se](=O)[C@@]2([C@@H](O)[C@@H]3C=CCCC3)C(=O)N[C@@H]12. The van der Waals surface area contributed by atoms with E-state index in [9.17, 15) is 18.5 Å². The molecule has 2 saturated heterocycles. The fourth-order valence-electron chi connectivity index (χ4n) is 3.44. The third kappa shape index (κ3) is 1.51. The predicted molar refractivity (Wildman–Crippen MR) is 67.7 cm³/mol. The topological polar surface area (TPSA) is 83.5 Å². The fourth-order valence-corrected chi connectivity index (χ4v) is 7.47. The van der Waals surface area contributed by atoms with Crippen molar-refractivity contribution < 1.29 is 18.5 Å². The van der Waals surface area contributed by atoms with Crippen molar-refractivity contribution in [2.45, 2.75) is 42.6 Å². The normalized spacial score (nSPS) is 46.4. The van der Waals surface area contributed by atoms with Crippen LogP contribution in [0, 0.1) is 11.8 Å². The number of carbonyl (C=O) groups is 2. The van der Waals surface area contributed by atoms with Crippen molar-refractivity contribution in [3.8, 4) is 0 Å². The maximum atomic E-state index is 12.4. The summed E-state index contributed by atoms with van der Waals surface area (Å²) in [4.78, 5) is 23.9. The number of β-lactam (4-membered cyclic amide) rings is 1. The van der Waals surface area contributed by atoms with Crippen LogP contribution in [-0.4, -0.2) is 41.7 Å². The summed E-state index contributed by atoms with van der Waals surface area (Å²) in [6, 6.07) is -0.444. The molecule has 19 heavy (non-hydrogen) atoms. The summed E-state index contributed by atoms with van der Waals surface area (Å²) in [5.41, 5.74) is 0. The number of aliphatic hydroxyl groups is 1. The third-order valence-electron chi connectivity index (χ3n) is 4.60. The molecule has 0 spiro atoms. The second-order valence-electron chi connectivity index (χ2n) is 5.59. The van der Waals surface area contributed by atoms with Crippen LogP contribution in [0.2, 0.25) is 4.31 Å². The quantitative estimate of drug-likeness (QED) is 0.428. The van der Waals surface area contributed by atoms with E-state index in [1.54, 1.807) is 6.92 Å². The first-order valence-corrected chi connectivity index (χ1v) is 9.04. The molecule has 0 aromatic heterocycles. The summed E-state index contributed by atoms with van der Waals surface area (Å²) >= 11 is -3.02. The summed E-state index contributed by atoms with van der Waals surface area (Å²) in [6.45, 7) is 1.69. The first-order chi connectivity index (χ1) is 9.01. The Morgan fingerprint density at radius 1 is 1.53 bits per heavy atom. The predicted octanol–water partition coefficient (Wildman–Crippen LogP) is 0.122. The first kappa shape index (κ1) is 13.2. The molecular weight excluding hydrogens is 313 g/mol. The summed E-state index contributed by atoms with van der Waals surface area (Å²) in [7, 11) is 0. The van der Waals surface area contributed by atoms with Gasteiger partial charge in [0.2, 0.25) is 0 Å². The fraction of sp³-hybridized carbons (Fsp3) is 0.692. The summed E-state index contributed by atoms with van der Waals surface area (Å²) in [6.07, 6.45) is 5.59. The molecular formula is C13H17NO4Se. The molecule has 6 heteroatoms. The molecule has 0 bridgehead atoms. The Balaban J connectivity index is 1.98. The van der Waals surface area contributed by atoms with Crippen molar-refractivity contribution in [2.24, 2.45) is 11.8 Å². The van der Waals surface area contributed by atoms with Gasteiger partial charge in [0.15, 0.2) is 0 Å². The number of fused-ring (bicyclic) bond motifs is 1. The Kier molecular flexibility index (Phi) is 3.00. The van der Waals surface area contributed by atoms with Crippen LogP contribution in [0.3, 0.4) is 0 Å². The van der Waals surface area contributed by atoms with Gasteiger partial charge in [0.25, 0.3) is 0 Å². The minimum atomic E-state index is -3.02. The van der Waals surface area contributed by atoms with Crippen LogP contribution >= 0.6 is 0 Å². The van der Waals surface area contributed by atoms with Gasteiger partial charge in [-0.15, -0.1) is 0 Å². The Hall–Kier alpha value is -0.841. The molecule has 2 aliphatic heterocycles. The monoisotopic (exact) mass is 331 g/mol. The van der Waals surface area contributed by atoms with E-state index in [1.165, 1.54) is 0 Å². The number of amides is 1. The number of aliphatic hydroxyl groups excluding tert-OH is 1. The van der Waals surface area contributed by atoms with E-state index in [4.69, 9.17) is 0 Å². The Labute approximate surface area is 115 Å². The van der Waals surface area contributed by atoms with Gasteiger partial charge in [-0.05, 0) is 0 Å². The average molecular weight is 330 g/mol. The Morgan fingerprint density at radius 2 is 2.26 bits per heavy atom. The molecule has 2 unspecified atom stereocenters. The van der Waals surface area contributed by atoms with Crippen molar-refractivity contribution in [3.63, 3.8) is 0 Å². The number of nitrogens with one attached hydrogen (secondary N) is 1. The van der Waals surface area contributed by atoms with Gasteiger partial charge in [0.05, 0.1) is 0 Å². The number of hydrogen-bond acceptors (Lipinski definition) is 4. The third-order valence-corrected chi connectivity index (χ3v) is 8.86. The van der Waals surface area contributed by atoms with E-state index in [1.807, 2.05) is 12.2 Å². The molecule has 1 amide bonds. The van der Waals surface area contributed by atoms with Crippen LogP contribution in [0.5, 0.6) is 0 Å². The molecule has 0 radical (unpaired) electrons. The molecule has 0 aromatic rings. The molecule has 1 aliphatic carbocycles. The van der Waals surface area contributed by atoms with Gasteiger partial charge in [0, 0.05) is 0 Å². The van der Waals surface area contributed by atoms with Crippen molar-refractivity contribution in [3.05, 3.63) is 12.2 Å². The first-order valence-electron chi connectivity index (χ1n) is 6.62. The molecule has 3 aliphatic rings. The summed E-state index contributed by atoms with van der Waals surface area (Å²) in [5.74, 6) is -1.01. The van der Waals surface area contributed by atoms with E-state index >= 15 is 0 Å². The number of carbonyl (C=O) groups excluding carboxylic acids is 2.